The van der Waals surface area contributed by atoms with Crippen molar-refractivity contribution >= 4 is 0 Å². The first-order chi connectivity index (χ1) is 14.8. The third-order valence-corrected chi connectivity index (χ3v) is 6.98. The predicted molar refractivity (Wildman–Crippen MR) is 116 cm³/mol. The molecule has 0 aromatic rings. The largest absolute Gasteiger partial charge is 0.497 e. The summed E-state index contributed by atoms with van der Waals surface area (Å²) in [5.41, 5.74) is 1.24. The fraction of sp³-hybridized carbons (Fsp3) is 0.667. The van der Waals surface area contributed by atoms with Crippen LogP contribution in [-0.4, -0.2) is 65.6 Å². The van der Waals surface area contributed by atoms with Gasteiger partial charge in [0.15, 0.2) is 11.5 Å². The van der Waals surface area contributed by atoms with E-state index in [2.05, 4.69) is 13.0 Å². The fourth-order valence-corrected chi connectivity index (χ4v) is 5.17. The van der Waals surface area contributed by atoms with E-state index in [9.17, 15) is 5.11 Å². The Morgan fingerprint density at radius 3 is 1.58 bits per heavy atom. The van der Waals surface area contributed by atoms with Crippen molar-refractivity contribution in [2.75, 3.05) is 42.7 Å². The topological polar surface area (TPSA) is 75.6 Å². The van der Waals surface area contributed by atoms with Crippen molar-refractivity contribution < 1.29 is 33.5 Å². The van der Waals surface area contributed by atoms with Gasteiger partial charge in [0.05, 0.1) is 45.9 Å². The first-order valence-electron chi connectivity index (χ1n) is 10.6. The summed E-state index contributed by atoms with van der Waals surface area (Å²) in [6.45, 7) is 3.97. The third kappa shape index (κ3) is 3.99. The molecular formula is C24H36O7. The molecule has 7 heteroatoms. The number of fused-ring (bicyclic) bond motifs is 3. The van der Waals surface area contributed by atoms with Gasteiger partial charge in [-0.3, -0.25) is 0 Å². The minimum absolute atomic E-state index is 0.0163. The van der Waals surface area contributed by atoms with Gasteiger partial charge in [-0.25, -0.2) is 0 Å². The van der Waals surface area contributed by atoms with E-state index in [1.165, 1.54) is 0 Å². The van der Waals surface area contributed by atoms with Crippen molar-refractivity contribution in [2.45, 2.75) is 44.5 Å². The molecule has 1 fully saturated rings. The van der Waals surface area contributed by atoms with E-state index in [0.717, 1.165) is 11.1 Å². The number of rotatable bonds is 6. The molecule has 3 aliphatic carbocycles. The van der Waals surface area contributed by atoms with Crippen LogP contribution in [0, 0.1) is 17.8 Å². The maximum Gasteiger partial charge on any atom is 0.166 e. The highest BCUT2D eigenvalue weighted by Crippen LogP contribution is 2.52. The Labute approximate surface area is 185 Å². The standard InChI is InChI=1S/C24H36O7/c1-13-9-14-10-16(26-3)20(28-5)22(30-7)18(14)19-15(12-24(13,2)25)11-17(27-4)21(29-6)23(19)31-8/h10-11,13,16-19,25H,9,12H2,1-8H3/t13-,16-,17+,18-,19-,24-/m0/s1. The van der Waals surface area contributed by atoms with Gasteiger partial charge in [0.2, 0.25) is 0 Å². The average molecular weight is 437 g/mol. The Kier molecular flexibility index (Phi) is 7.08. The third-order valence-electron chi connectivity index (χ3n) is 6.98. The lowest BCUT2D eigenvalue weighted by Crippen LogP contribution is -2.43. The highest BCUT2D eigenvalue weighted by atomic mass is 16.5. The molecule has 0 bridgehead atoms. The maximum atomic E-state index is 11.4. The molecule has 174 valence electrons. The van der Waals surface area contributed by atoms with E-state index in [0.29, 0.717) is 35.9 Å². The summed E-state index contributed by atoms with van der Waals surface area (Å²) in [6.07, 6.45) is 4.55. The minimum Gasteiger partial charge on any atom is -0.497 e. The van der Waals surface area contributed by atoms with Crippen LogP contribution in [0.2, 0.25) is 0 Å². The second-order valence-corrected chi connectivity index (χ2v) is 8.66. The van der Waals surface area contributed by atoms with Crippen LogP contribution in [0.5, 0.6) is 0 Å². The van der Waals surface area contributed by atoms with Crippen molar-refractivity contribution in [3.8, 4) is 0 Å². The molecule has 0 aromatic heterocycles. The number of aliphatic hydroxyl groups is 1. The molecule has 3 aliphatic rings. The van der Waals surface area contributed by atoms with Crippen molar-refractivity contribution in [1.82, 2.24) is 0 Å². The van der Waals surface area contributed by atoms with Crippen LogP contribution in [-0.2, 0) is 28.4 Å². The van der Waals surface area contributed by atoms with E-state index >= 15 is 0 Å². The van der Waals surface area contributed by atoms with Crippen LogP contribution < -0.4 is 0 Å². The molecule has 0 radical (unpaired) electrons. The van der Waals surface area contributed by atoms with Gasteiger partial charge in [0.1, 0.15) is 23.7 Å². The molecule has 0 heterocycles. The molecule has 31 heavy (non-hydrogen) atoms. The first-order valence-corrected chi connectivity index (χ1v) is 10.6. The molecule has 3 rings (SSSR count). The molecular weight excluding hydrogens is 400 g/mol. The Balaban J connectivity index is 2.29. The van der Waals surface area contributed by atoms with Gasteiger partial charge in [0, 0.05) is 14.2 Å². The van der Waals surface area contributed by atoms with Gasteiger partial charge in [-0.1, -0.05) is 18.1 Å². The number of methoxy groups -OCH3 is 6. The van der Waals surface area contributed by atoms with Gasteiger partial charge in [-0.05, 0) is 37.8 Å². The highest BCUT2D eigenvalue weighted by molar-refractivity contribution is 5.43. The second-order valence-electron chi connectivity index (χ2n) is 8.66. The molecule has 6 atom stereocenters. The van der Waals surface area contributed by atoms with Gasteiger partial charge < -0.3 is 33.5 Å². The summed E-state index contributed by atoms with van der Waals surface area (Å²) in [5.74, 6) is 2.26. The Bertz CT molecular complexity index is 805. The van der Waals surface area contributed by atoms with Gasteiger partial charge >= 0.3 is 0 Å². The van der Waals surface area contributed by atoms with Gasteiger partial charge in [0.25, 0.3) is 0 Å². The van der Waals surface area contributed by atoms with E-state index < -0.39 is 11.7 Å². The smallest absolute Gasteiger partial charge is 0.166 e. The minimum atomic E-state index is -0.904. The zero-order valence-electron chi connectivity index (χ0n) is 19.9. The van der Waals surface area contributed by atoms with Crippen LogP contribution in [0.25, 0.3) is 0 Å². The Morgan fingerprint density at radius 2 is 1.16 bits per heavy atom. The Hall–Kier alpha value is -1.96. The molecule has 7 nitrogen and oxygen atoms in total. The number of hydrogen-bond donors (Lipinski definition) is 1. The summed E-state index contributed by atoms with van der Waals surface area (Å²) in [6, 6.07) is 0. The molecule has 0 aromatic carbocycles. The molecule has 0 unspecified atom stereocenters. The molecule has 0 aliphatic heterocycles. The predicted octanol–water partition coefficient (Wildman–Crippen LogP) is 3.32. The summed E-state index contributed by atoms with van der Waals surface area (Å²) in [4.78, 5) is 0. The van der Waals surface area contributed by atoms with Crippen molar-refractivity contribution in [2.24, 2.45) is 17.8 Å². The van der Waals surface area contributed by atoms with Gasteiger partial charge in [-0.2, -0.15) is 0 Å². The van der Waals surface area contributed by atoms with Crippen LogP contribution in [0.15, 0.2) is 46.3 Å². The summed E-state index contributed by atoms with van der Waals surface area (Å²) >= 11 is 0. The Morgan fingerprint density at radius 1 is 0.742 bits per heavy atom. The molecule has 1 saturated carbocycles. The van der Waals surface area contributed by atoms with Crippen LogP contribution in [0.4, 0.5) is 0 Å². The molecule has 0 saturated heterocycles. The van der Waals surface area contributed by atoms with E-state index in [1.807, 2.05) is 13.0 Å². The lowest BCUT2D eigenvalue weighted by Gasteiger charge is -2.45. The van der Waals surface area contributed by atoms with Crippen LogP contribution >= 0.6 is 0 Å². The lowest BCUT2D eigenvalue weighted by molar-refractivity contribution is -0.00737. The zero-order valence-corrected chi connectivity index (χ0v) is 19.9. The van der Waals surface area contributed by atoms with E-state index in [4.69, 9.17) is 28.4 Å². The normalized spacial score (nSPS) is 35.8. The monoisotopic (exact) mass is 436 g/mol. The second kappa shape index (κ2) is 9.27. The SMILES string of the molecule is COC1=C(OC)[C@@H](OC)C=C2C[C@H](C)[C@@](C)(O)CC3=C[C@@H](OC)C(OC)=C(OC)[C@@H]3[C@H]21. The summed E-state index contributed by atoms with van der Waals surface area (Å²) < 4.78 is 34.7. The van der Waals surface area contributed by atoms with E-state index in [1.54, 1.807) is 42.7 Å². The molecule has 0 spiro atoms. The number of hydrogen-bond acceptors (Lipinski definition) is 7. The van der Waals surface area contributed by atoms with Crippen LogP contribution in [0.3, 0.4) is 0 Å². The summed E-state index contributed by atoms with van der Waals surface area (Å²) in [7, 11) is 9.82. The van der Waals surface area contributed by atoms with E-state index in [-0.39, 0.29) is 23.9 Å². The average Bonchev–Trinajstić information content (AvgIpc) is 2.76. The van der Waals surface area contributed by atoms with Crippen molar-refractivity contribution in [3.05, 3.63) is 46.3 Å². The van der Waals surface area contributed by atoms with Crippen molar-refractivity contribution in [3.63, 3.8) is 0 Å². The fourth-order valence-electron chi connectivity index (χ4n) is 5.17. The number of allylic oxidation sites excluding steroid dienone is 2. The van der Waals surface area contributed by atoms with Crippen LogP contribution in [0.1, 0.15) is 26.7 Å². The number of ether oxygens (including phenoxy) is 6. The molecule has 1 N–H and O–H groups in total. The summed E-state index contributed by atoms with van der Waals surface area (Å²) in [5, 5.41) is 11.4. The lowest BCUT2D eigenvalue weighted by atomic mass is 9.64. The zero-order chi connectivity index (χ0) is 22.9. The highest BCUT2D eigenvalue weighted by Gasteiger charge is 2.49. The van der Waals surface area contributed by atoms with Crippen molar-refractivity contribution in [1.29, 1.82) is 0 Å². The maximum absolute atomic E-state index is 11.4. The quantitative estimate of drug-likeness (QED) is 0.640. The van der Waals surface area contributed by atoms with Gasteiger partial charge in [-0.15, -0.1) is 0 Å². The first kappa shape index (κ1) is 23.7. The molecule has 0 amide bonds.